The highest BCUT2D eigenvalue weighted by Crippen LogP contribution is 2.28. The Morgan fingerprint density at radius 3 is 3.00 bits per heavy atom. The van der Waals surface area contributed by atoms with E-state index in [2.05, 4.69) is 14.1 Å². The second-order valence-corrected chi connectivity index (χ2v) is 3.66. The number of hydrogen-bond acceptors (Lipinski definition) is 5. The van der Waals surface area contributed by atoms with E-state index in [1.165, 1.54) is 11.7 Å². The van der Waals surface area contributed by atoms with E-state index in [-0.39, 0.29) is 0 Å². The van der Waals surface area contributed by atoms with E-state index < -0.39 is 0 Å². The molecular weight excluding hydrogens is 190 g/mol. The van der Waals surface area contributed by atoms with E-state index in [1.54, 1.807) is 11.3 Å². The third-order valence-electron chi connectivity index (χ3n) is 1.48. The highest BCUT2D eigenvalue weighted by atomic mass is 32.1. The molecule has 0 radical (unpaired) electrons. The van der Waals surface area contributed by atoms with E-state index in [0.717, 1.165) is 16.4 Å². The first-order valence-corrected chi connectivity index (χ1v) is 5.07. The largest absolute Gasteiger partial charge is 0.370 e. The van der Waals surface area contributed by atoms with Gasteiger partial charge >= 0.3 is 0 Å². The molecule has 2 aromatic rings. The quantitative estimate of drug-likeness (QED) is 0.802. The van der Waals surface area contributed by atoms with Crippen molar-refractivity contribution in [2.75, 3.05) is 12.4 Å². The van der Waals surface area contributed by atoms with Crippen molar-refractivity contribution in [1.82, 2.24) is 8.75 Å². The Balaban J connectivity index is 2.46. The molecule has 2 rings (SSSR count). The number of rotatable bonds is 2. The van der Waals surface area contributed by atoms with Crippen LogP contribution in [0.25, 0.3) is 10.6 Å². The van der Waals surface area contributed by atoms with Gasteiger partial charge in [0, 0.05) is 7.05 Å². The molecule has 0 aliphatic rings. The molecule has 0 aliphatic heterocycles. The second-order valence-electron chi connectivity index (χ2n) is 2.19. The number of aromatic nitrogens is 2. The van der Waals surface area contributed by atoms with Gasteiger partial charge in [-0.15, -0.1) is 11.3 Å². The number of nitrogens with one attached hydrogen (secondary N) is 1. The fourth-order valence-corrected chi connectivity index (χ4v) is 2.27. The Hall–Kier alpha value is -0.940. The summed E-state index contributed by atoms with van der Waals surface area (Å²) >= 11 is 2.91. The number of thiophene rings is 1. The summed E-state index contributed by atoms with van der Waals surface area (Å²) in [5, 5.41) is 5.04. The lowest BCUT2D eigenvalue weighted by Gasteiger charge is -1.94. The molecule has 0 bridgehead atoms. The summed E-state index contributed by atoms with van der Waals surface area (Å²) in [7, 11) is 1.86. The standard InChI is InChI=1S/C7H7N3S2/c1-8-7-6(9-12-10-7)5-3-2-4-11-5/h2-4H,1H3,(H,8,10). The van der Waals surface area contributed by atoms with Gasteiger partial charge in [-0.1, -0.05) is 6.07 Å². The highest BCUT2D eigenvalue weighted by molar-refractivity contribution is 7.13. The SMILES string of the molecule is CNc1nsnc1-c1cccs1. The summed E-state index contributed by atoms with van der Waals surface area (Å²) in [5.41, 5.74) is 0.956. The van der Waals surface area contributed by atoms with Crippen molar-refractivity contribution in [2.45, 2.75) is 0 Å². The van der Waals surface area contributed by atoms with Gasteiger partial charge in [0.25, 0.3) is 0 Å². The van der Waals surface area contributed by atoms with Crippen LogP contribution in [0.2, 0.25) is 0 Å². The van der Waals surface area contributed by atoms with Gasteiger partial charge in [0.1, 0.15) is 5.69 Å². The molecule has 0 atom stereocenters. The predicted molar refractivity (Wildman–Crippen MR) is 52.8 cm³/mol. The molecule has 0 fully saturated rings. The maximum absolute atomic E-state index is 4.21. The first-order chi connectivity index (χ1) is 5.92. The zero-order valence-electron chi connectivity index (χ0n) is 6.44. The zero-order chi connectivity index (χ0) is 8.39. The minimum Gasteiger partial charge on any atom is -0.370 e. The molecule has 0 aromatic carbocycles. The van der Waals surface area contributed by atoms with Gasteiger partial charge in [-0.3, -0.25) is 0 Å². The lowest BCUT2D eigenvalue weighted by atomic mass is 10.3. The van der Waals surface area contributed by atoms with E-state index >= 15 is 0 Å². The van der Waals surface area contributed by atoms with Gasteiger partial charge in [0.05, 0.1) is 16.6 Å². The fraction of sp³-hybridized carbons (Fsp3) is 0.143. The minimum atomic E-state index is 0.863. The second kappa shape index (κ2) is 3.20. The smallest absolute Gasteiger partial charge is 0.168 e. The number of nitrogens with zero attached hydrogens (tertiary/aromatic N) is 2. The molecule has 3 nitrogen and oxygen atoms in total. The van der Waals surface area contributed by atoms with Gasteiger partial charge in [-0.25, -0.2) is 0 Å². The van der Waals surface area contributed by atoms with Gasteiger partial charge in [0.2, 0.25) is 0 Å². The summed E-state index contributed by atoms with van der Waals surface area (Å²) in [4.78, 5) is 1.16. The Morgan fingerprint density at radius 2 is 2.33 bits per heavy atom. The van der Waals surface area contributed by atoms with E-state index in [0.29, 0.717) is 0 Å². The van der Waals surface area contributed by atoms with Crippen LogP contribution < -0.4 is 5.32 Å². The van der Waals surface area contributed by atoms with Crippen LogP contribution in [0.1, 0.15) is 0 Å². The molecule has 12 heavy (non-hydrogen) atoms. The molecular formula is C7H7N3S2. The molecule has 0 aliphatic carbocycles. The Labute approximate surface area is 78.4 Å². The zero-order valence-corrected chi connectivity index (χ0v) is 8.08. The van der Waals surface area contributed by atoms with Crippen LogP contribution in [-0.4, -0.2) is 15.8 Å². The maximum Gasteiger partial charge on any atom is 0.168 e. The average molecular weight is 197 g/mol. The molecule has 2 aromatic heterocycles. The van der Waals surface area contributed by atoms with Gasteiger partial charge < -0.3 is 5.32 Å². The number of anilines is 1. The lowest BCUT2D eigenvalue weighted by molar-refractivity contribution is 1.42. The highest BCUT2D eigenvalue weighted by Gasteiger charge is 2.08. The van der Waals surface area contributed by atoms with Crippen molar-refractivity contribution >= 4 is 28.9 Å². The van der Waals surface area contributed by atoms with Crippen LogP contribution in [-0.2, 0) is 0 Å². The summed E-state index contributed by atoms with van der Waals surface area (Å²) in [6.07, 6.45) is 0. The molecule has 2 heterocycles. The predicted octanol–water partition coefficient (Wildman–Crippen LogP) is 2.31. The lowest BCUT2D eigenvalue weighted by Crippen LogP contribution is -1.89. The summed E-state index contributed by atoms with van der Waals surface area (Å²) < 4.78 is 8.32. The van der Waals surface area contributed by atoms with Gasteiger partial charge in [-0.05, 0) is 11.4 Å². The Kier molecular flexibility index (Phi) is 2.05. The van der Waals surface area contributed by atoms with Crippen molar-refractivity contribution in [1.29, 1.82) is 0 Å². The van der Waals surface area contributed by atoms with Crippen molar-refractivity contribution in [3.05, 3.63) is 17.5 Å². The minimum absolute atomic E-state index is 0.863. The average Bonchev–Trinajstić information content (AvgIpc) is 2.74. The first-order valence-electron chi connectivity index (χ1n) is 3.46. The van der Waals surface area contributed by atoms with Crippen LogP contribution >= 0.6 is 23.1 Å². The van der Waals surface area contributed by atoms with Crippen LogP contribution in [0.4, 0.5) is 5.82 Å². The molecule has 0 amide bonds. The third kappa shape index (κ3) is 1.21. The van der Waals surface area contributed by atoms with Crippen molar-refractivity contribution in [3.63, 3.8) is 0 Å². The van der Waals surface area contributed by atoms with Crippen molar-refractivity contribution in [2.24, 2.45) is 0 Å². The summed E-state index contributed by atoms with van der Waals surface area (Å²) in [6.45, 7) is 0. The van der Waals surface area contributed by atoms with Crippen LogP contribution in [0.5, 0.6) is 0 Å². The monoisotopic (exact) mass is 197 g/mol. The summed E-state index contributed by atoms with van der Waals surface area (Å²) in [5.74, 6) is 0.863. The van der Waals surface area contributed by atoms with E-state index in [4.69, 9.17) is 0 Å². The molecule has 0 unspecified atom stereocenters. The molecule has 5 heteroatoms. The molecule has 0 saturated carbocycles. The Bertz CT molecular complexity index is 352. The van der Waals surface area contributed by atoms with Gasteiger partial charge in [0.15, 0.2) is 5.82 Å². The molecule has 62 valence electrons. The van der Waals surface area contributed by atoms with Crippen LogP contribution in [0.15, 0.2) is 17.5 Å². The molecule has 1 N–H and O–H groups in total. The van der Waals surface area contributed by atoms with Crippen LogP contribution in [0, 0.1) is 0 Å². The van der Waals surface area contributed by atoms with E-state index in [1.807, 2.05) is 24.6 Å². The topological polar surface area (TPSA) is 37.8 Å². The fourth-order valence-electron chi connectivity index (χ4n) is 0.928. The third-order valence-corrected chi connectivity index (χ3v) is 2.88. The Morgan fingerprint density at radius 1 is 1.42 bits per heavy atom. The molecule has 0 saturated heterocycles. The van der Waals surface area contributed by atoms with Crippen molar-refractivity contribution < 1.29 is 0 Å². The normalized spacial score (nSPS) is 10.1. The first kappa shape index (κ1) is 7.70. The van der Waals surface area contributed by atoms with Crippen molar-refractivity contribution in [3.8, 4) is 10.6 Å². The number of hydrogen-bond donors (Lipinski definition) is 1. The van der Waals surface area contributed by atoms with Crippen LogP contribution in [0.3, 0.4) is 0 Å². The van der Waals surface area contributed by atoms with Gasteiger partial charge in [-0.2, -0.15) is 8.75 Å². The summed E-state index contributed by atoms with van der Waals surface area (Å²) in [6, 6.07) is 4.06. The van der Waals surface area contributed by atoms with E-state index in [9.17, 15) is 0 Å². The maximum atomic E-state index is 4.21. The molecule has 0 spiro atoms.